The fourth-order valence-electron chi connectivity index (χ4n) is 2.71. The molecule has 1 aromatic heterocycles. The number of nitrogens with one attached hydrogen (secondary N) is 1. The predicted octanol–water partition coefficient (Wildman–Crippen LogP) is 2.87. The normalized spacial score (nSPS) is 18.4. The second-order valence-corrected chi connectivity index (χ2v) is 4.89. The van der Waals surface area contributed by atoms with Crippen LogP contribution in [-0.2, 0) is 19.4 Å². The Balaban J connectivity index is 1.73. The van der Waals surface area contributed by atoms with Gasteiger partial charge in [-0.3, -0.25) is 0 Å². The molecule has 0 amide bonds. The van der Waals surface area contributed by atoms with Crippen LogP contribution in [0.1, 0.15) is 24.5 Å². The van der Waals surface area contributed by atoms with Crippen molar-refractivity contribution in [3.63, 3.8) is 0 Å². The fraction of sp³-hybridized carbons (Fsp3) is 0.400. The summed E-state index contributed by atoms with van der Waals surface area (Å²) in [7, 11) is 0. The van der Waals surface area contributed by atoms with E-state index >= 15 is 0 Å². The molecule has 0 spiro atoms. The van der Waals surface area contributed by atoms with Gasteiger partial charge in [0, 0.05) is 25.0 Å². The average Bonchev–Trinajstić information content (AvgIpc) is 2.86. The van der Waals surface area contributed by atoms with Crippen LogP contribution in [0.15, 0.2) is 36.7 Å². The zero-order chi connectivity index (χ0) is 12.4. The summed E-state index contributed by atoms with van der Waals surface area (Å²) < 4.78 is 2.15. The minimum Gasteiger partial charge on any atom is -0.353 e. The van der Waals surface area contributed by atoms with Crippen LogP contribution >= 0.6 is 0 Å². The maximum absolute atomic E-state index is 4.39. The third kappa shape index (κ3) is 2.13. The van der Waals surface area contributed by atoms with E-state index in [9.17, 15) is 0 Å². The highest BCUT2D eigenvalue weighted by atomic mass is 15.2. The molecule has 0 saturated carbocycles. The molecular formula is C15H19N3. The zero-order valence-corrected chi connectivity index (χ0v) is 10.8. The van der Waals surface area contributed by atoms with Crippen molar-refractivity contribution in [3.05, 3.63) is 47.8 Å². The Morgan fingerprint density at radius 2 is 2.17 bits per heavy atom. The molecule has 0 aliphatic heterocycles. The minimum atomic E-state index is 0.507. The molecule has 18 heavy (non-hydrogen) atoms. The molecule has 1 aliphatic carbocycles. The second kappa shape index (κ2) is 4.84. The van der Waals surface area contributed by atoms with Gasteiger partial charge in [-0.1, -0.05) is 24.3 Å². The Kier molecular flexibility index (Phi) is 3.05. The van der Waals surface area contributed by atoms with Gasteiger partial charge < -0.3 is 9.88 Å². The van der Waals surface area contributed by atoms with Crippen LogP contribution in [0.5, 0.6) is 0 Å². The van der Waals surface area contributed by atoms with Crippen LogP contribution in [0.2, 0.25) is 0 Å². The van der Waals surface area contributed by atoms with Crippen molar-refractivity contribution >= 4 is 5.95 Å². The first-order valence-corrected chi connectivity index (χ1v) is 6.71. The van der Waals surface area contributed by atoms with Gasteiger partial charge >= 0.3 is 0 Å². The number of rotatable bonds is 3. The minimum absolute atomic E-state index is 0.507. The summed E-state index contributed by atoms with van der Waals surface area (Å²) in [5.74, 6) is 1.00. The summed E-state index contributed by atoms with van der Waals surface area (Å²) in [6.07, 6.45) is 7.35. The number of hydrogen-bond acceptors (Lipinski definition) is 2. The van der Waals surface area contributed by atoms with Crippen LogP contribution in [0.3, 0.4) is 0 Å². The topological polar surface area (TPSA) is 29.9 Å². The quantitative estimate of drug-likeness (QED) is 0.895. The predicted molar refractivity (Wildman–Crippen MR) is 73.8 cm³/mol. The molecule has 1 heterocycles. The van der Waals surface area contributed by atoms with Crippen LogP contribution < -0.4 is 5.32 Å². The zero-order valence-electron chi connectivity index (χ0n) is 10.8. The SMILES string of the molecule is CCn1ccnc1NC1CCc2ccccc2C1. The number of imidazole rings is 1. The van der Waals surface area contributed by atoms with E-state index in [1.165, 1.54) is 24.0 Å². The van der Waals surface area contributed by atoms with E-state index in [-0.39, 0.29) is 0 Å². The van der Waals surface area contributed by atoms with Crippen molar-refractivity contribution in [2.75, 3.05) is 5.32 Å². The first kappa shape index (κ1) is 11.3. The number of benzene rings is 1. The third-order valence-electron chi connectivity index (χ3n) is 3.74. The fourth-order valence-corrected chi connectivity index (χ4v) is 2.71. The second-order valence-electron chi connectivity index (χ2n) is 4.89. The van der Waals surface area contributed by atoms with Crippen LogP contribution in [0.4, 0.5) is 5.95 Å². The third-order valence-corrected chi connectivity index (χ3v) is 3.74. The highest BCUT2D eigenvalue weighted by Crippen LogP contribution is 2.23. The number of anilines is 1. The maximum atomic E-state index is 4.39. The molecule has 94 valence electrons. The summed E-state index contributed by atoms with van der Waals surface area (Å²) in [5, 5.41) is 3.57. The Labute approximate surface area is 108 Å². The lowest BCUT2D eigenvalue weighted by atomic mass is 9.88. The molecule has 3 heteroatoms. The molecule has 3 nitrogen and oxygen atoms in total. The van der Waals surface area contributed by atoms with E-state index in [2.05, 4.69) is 46.1 Å². The van der Waals surface area contributed by atoms with Gasteiger partial charge in [0.25, 0.3) is 0 Å². The van der Waals surface area contributed by atoms with Crippen LogP contribution in [0.25, 0.3) is 0 Å². The molecule has 1 unspecified atom stereocenters. The Hall–Kier alpha value is -1.77. The molecule has 1 aromatic carbocycles. The van der Waals surface area contributed by atoms with E-state index < -0.39 is 0 Å². The van der Waals surface area contributed by atoms with Gasteiger partial charge in [-0.2, -0.15) is 0 Å². The average molecular weight is 241 g/mol. The van der Waals surface area contributed by atoms with E-state index in [1.54, 1.807) is 0 Å². The summed E-state index contributed by atoms with van der Waals surface area (Å²) in [6.45, 7) is 3.11. The molecule has 3 rings (SSSR count). The van der Waals surface area contributed by atoms with Gasteiger partial charge in [0.05, 0.1) is 0 Å². The Morgan fingerprint density at radius 3 is 3.00 bits per heavy atom. The first-order valence-electron chi connectivity index (χ1n) is 6.71. The molecular weight excluding hydrogens is 222 g/mol. The van der Waals surface area contributed by atoms with Crippen molar-refractivity contribution < 1.29 is 0 Å². The standard InChI is InChI=1S/C15H19N3/c1-2-18-10-9-16-15(18)17-14-8-7-12-5-3-4-6-13(12)11-14/h3-6,9-10,14H,2,7-8,11H2,1H3,(H,16,17). The van der Waals surface area contributed by atoms with Gasteiger partial charge in [-0.15, -0.1) is 0 Å². The summed E-state index contributed by atoms with van der Waals surface area (Å²) in [5.41, 5.74) is 2.99. The lowest BCUT2D eigenvalue weighted by Gasteiger charge is -2.26. The molecule has 1 atom stereocenters. The highest BCUT2D eigenvalue weighted by Gasteiger charge is 2.19. The smallest absolute Gasteiger partial charge is 0.202 e. The van der Waals surface area contributed by atoms with E-state index in [0.717, 1.165) is 18.9 Å². The molecule has 0 bridgehead atoms. The highest BCUT2D eigenvalue weighted by molar-refractivity contribution is 5.35. The molecule has 1 aliphatic rings. The van der Waals surface area contributed by atoms with Gasteiger partial charge in [-0.05, 0) is 37.3 Å². The van der Waals surface area contributed by atoms with E-state index in [4.69, 9.17) is 0 Å². The lowest BCUT2D eigenvalue weighted by molar-refractivity contribution is 0.599. The number of fused-ring (bicyclic) bond motifs is 1. The molecule has 1 N–H and O–H groups in total. The molecule has 0 radical (unpaired) electrons. The Bertz CT molecular complexity index is 530. The Morgan fingerprint density at radius 1 is 1.33 bits per heavy atom. The van der Waals surface area contributed by atoms with Crippen molar-refractivity contribution in [2.45, 2.75) is 38.8 Å². The summed E-state index contributed by atoms with van der Waals surface area (Å²) >= 11 is 0. The molecule has 0 saturated heterocycles. The summed E-state index contributed by atoms with van der Waals surface area (Å²) in [6, 6.07) is 9.27. The van der Waals surface area contributed by atoms with Gasteiger partial charge in [0.15, 0.2) is 0 Å². The van der Waals surface area contributed by atoms with E-state index in [1.807, 2.05) is 12.4 Å². The largest absolute Gasteiger partial charge is 0.353 e. The van der Waals surface area contributed by atoms with Gasteiger partial charge in [-0.25, -0.2) is 4.98 Å². The monoisotopic (exact) mass is 241 g/mol. The van der Waals surface area contributed by atoms with Crippen molar-refractivity contribution in [2.24, 2.45) is 0 Å². The van der Waals surface area contributed by atoms with Crippen molar-refractivity contribution in [1.29, 1.82) is 0 Å². The van der Waals surface area contributed by atoms with Crippen LogP contribution in [-0.4, -0.2) is 15.6 Å². The van der Waals surface area contributed by atoms with Crippen molar-refractivity contribution in [3.8, 4) is 0 Å². The number of hydrogen-bond donors (Lipinski definition) is 1. The number of aromatic nitrogens is 2. The van der Waals surface area contributed by atoms with E-state index in [0.29, 0.717) is 6.04 Å². The van der Waals surface area contributed by atoms with Gasteiger partial charge in [0.1, 0.15) is 0 Å². The number of aryl methyl sites for hydroxylation is 2. The lowest BCUT2D eigenvalue weighted by Crippen LogP contribution is -2.28. The van der Waals surface area contributed by atoms with Gasteiger partial charge in [0.2, 0.25) is 5.95 Å². The maximum Gasteiger partial charge on any atom is 0.202 e. The molecule has 2 aromatic rings. The number of nitrogens with zero attached hydrogens (tertiary/aromatic N) is 2. The molecule has 0 fully saturated rings. The summed E-state index contributed by atoms with van der Waals surface area (Å²) in [4.78, 5) is 4.39. The first-order chi connectivity index (χ1) is 8.86. The van der Waals surface area contributed by atoms with Crippen LogP contribution in [0, 0.1) is 0 Å². The van der Waals surface area contributed by atoms with Crippen molar-refractivity contribution in [1.82, 2.24) is 9.55 Å².